The van der Waals surface area contributed by atoms with E-state index in [4.69, 9.17) is 0 Å². The van der Waals surface area contributed by atoms with Crippen molar-refractivity contribution < 1.29 is 0 Å². The van der Waals surface area contributed by atoms with Crippen molar-refractivity contribution in [2.45, 2.75) is 19.8 Å². The van der Waals surface area contributed by atoms with Gasteiger partial charge in [0.2, 0.25) is 0 Å². The van der Waals surface area contributed by atoms with E-state index in [-0.39, 0.29) is 0 Å². The minimum Gasteiger partial charge on any atom is -0.310 e. The Kier molecular flexibility index (Phi) is 6.89. The van der Waals surface area contributed by atoms with Crippen molar-refractivity contribution in [3.8, 4) is 5.69 Å². The molecule has 0 N–H and O–H groups in total. The van der Waals surface area contributed by atoms with Gasteiger partial charge in [-0.15, -0.1) is 0 Å². The lowest BCUT2D eigenvalue weighted by Crippen LogP contribution is -2.11. The first-order valence-electron chi connectivity index (χ1n) is 17.9. The quantitative estimate of drug-likeness (QED) is 0.168. The second-order valence-corrected chi connectivity index (χ2v) is 13.7. The fraction of sp³-hybridized carbons (Fsp3) is 0.0612. The summed E-state index contributed by atoms with van der Waals surface area (Å²) >= 11 is 0. The zero-order valence-corrected chi connectivity index (χ0v) is 28.6. The van der Waals surface area contributed by atoms with Crippen molar-refractivity contribution in [2.75, 3.05) is 4.90 Å². The summed E-state index contributed by atoms with van der Waals surface area (Å²) in [6.07, 6.45) is 8.87. The molecular weight excluding hydrogens is 617 g/mol. The van der Waals surface area contributed by atoms with Crippen LogP contribution in [-0.2, 0) is 0 Å². The van der Waals surface area contributed by atoms with Gasteiger partial charge in [0.05, 0.1) is 11.0 Å². The Morgan fingerprint density at radius 1 is 0.490 bits per heavy atom. The Morgan fingerprint density at radius 2 is 1.10 bits per heavy atom. The lowest BCUT2D eigenvalue weighted by molar-refractivity contribution is 1.05. The Bertz CT molecular complexity index is 2850. The Balaban J connectivity index is 1.23. The predicted octanol–water partition coefficient (Wildman–Crippen LogP) is 13.8. The molecule has 0 radical (unpaired) electrons. The largest absolute Gasteiger partial charge is 0.310 e. The van der Waals surface area contributed by atoms with Gasteiger partial charge in [0.15, 0.2) is 0 Å². The molecule has 0 saturated heterocycles. The van der Waals surface area contributed by atoms with Crippen molar-refractivity contribution in [3.05, 3.63) is 187 Å². The number of aryl methyl sites for hydroxylation is 1. The van der Waals surface area contributed by atoms with Crippen molar-refractivity contribution in [2.24, 2.45) is 0 Å². The van der Waals surface area contributed by atoms with Gasteiger partial charge >= 0.3 is 0 Å². The van der Waals surface area contributed by atoms with E-state index >= 15 is 0 Å². The molecule has 0 spiro atoms. The average molecular weight is 653 g/mol. The van der Waals surface area contributed by atoms with Gasteiger partial charge in [0, 0.05) is 33.5 Å². The first kappa shape index (κ1) is 29.5. The number of aromatic nitrogens is 1. The van der Waals surface area contributed by atoms with Gasteiger partial charge < -0.3 is 9.47 Å². The summed E-state index contributed by atoms with van der Waals surface area (Å²) in [5, 5.41) is 10.2. The highest BCUT2D eigenvalue weighted by molar-refractivity contribution is 6.26. The van der Waals surface area contributed by atoms with E-state index in [1.54, 1.807) is 0 Å². The van der Waals surface area contributed by atoms with Crippen molar-refractivity contribution in [3.63, 3.8) is 0 Å². The molecule has 1 heterocycles. The predicted molar refractivity (Wildman–Crippen MR) is 219 cm³/mol. The first-order chi connectivity index (χ1) is 25.2. The molecule has 1 aromatic heterocycles. The maximum Gasteiger partial charge on any atom is 0.0561 e. The Morgan fingerprint density at radius 3 is 1.82 bits per heavy atom. The number of rotatable bonds is 5. The van der Waals surface area contributed by atoms with Gasteiger partial charge in [0.1, 0.15) is 0 Å². The van der Waals surface area contributed by atoms with E-state index in [1.165, 1.54) is 82.2 Å². The molecule has 2 nitrogen and oxygen atoms in total. The number of para-hydroxylation sites is 2. The number of hydrogen-bond donors (Lipinski definition) is 0. The molecule has 0 fully saturated rings. The maximum atomic E-state index is 2.45. The molecule has 0 amide bonds. The molecule has 242 valence electrons. The summed E-state index contributed by atoms with van der Waals surface area (Å²) in [7, 11) is 0. The van der Waals surface area contributed by atoms with Crippen LogP contribution in [0.2, 0.25) is 0 Å². The molecule has 0 aliphatic heterocycles. The van der Waals surface area contributed by atoms with Crippen LogP contribution in [0.5, 0.6) is 0 Å². The van der Waals surface area contributed by atoms with Crippen LogP contribution < -0.4 is 4.90 Å². The van der Waals surface area contributed by atoms with Crippen LogP contribution in [0.15, 0.2) is 176 Å². The molecule has 1 aliphatic carbocycles. The van der Waals surface area contributed by atoms with Crippen molar-refractivity contribution >= 4 is 76.8 Å². The summed E-state index contributed by atoms with van der Waals surface area (Å²) < 4.78 is 2.45. The molecule has 0 unspecified atom stereocenters. The summed E-state index contributed by atoms with van der Waals surface area (Å²) in [5.41, 5.74) is 10.9. The fourth-order valence-corrected chi connectivity index (χ4v) is 8.34. The normalized spacial score (nSPS) is 13.1. The molecular formula is C49H36N2. The lowest BCUT2D eigenvalue weighted by Gasteiger charge is -2.28. The van der Waals surface area contributed by atoms with Gasteiger partial charge in [-0.1, -0.05) is 127 Å². The van der Waals surface area contributed by atoms with Crippen LogP contribution in [0.4, 0.5) is 17.1 Å². The van der Waals surface area contributed by atoms with E-state index in [0.717, 1.165) is 24.2 Å². The van der Waals surface area contributed by atoms with Gasteiger partial charge in [-0.2, -0.15) is 0 Å². The number of anilines is 3. The van der Waals surface area contributed by atoms with Gasteiger partial charge in [-0.05, 0) is 117 Å². The Labute approximate surface area is 297 Å². The van der Waals surface area contributed by atoms with Crippen molar-refractivity contribution in [1.82, 2.24) is 4.57 Å². The smallest absolute Gasteiger partial charge is 0.0561 e. The summed E-state index contributed by atoms with van der Waals surface area (Å²) in [5.74, 6) is 0. The van der Waals surface area contributed by atoms with Crippen LogP contribution in [0.3, 0.4) is 0 Å². The zero-order valence-electron chi connectivity index (χ0n) is 28.6. The SMILES string of the molecule is Cc1ccccc1N(c1ccc2c3ccccc3c3ccccc3c2c1)c1ccc2c3ccccc3n(-c3cccc(C4=CC=CCC4)c3)c2c1. The molecule has 2 heteroatoms. The van der Waals surface area contributed by atoms with Gasteiger partial charge in [-0.3, -0.25) is 0 Å². The fourth-order valence-electron chi connectivity index (χ4n) is 8.34. The van der Waals surface area contributed by atoms with Crippen LogP contribution in [-0.4, -0.2) is 4.57 Å². The van der Waals surface area contributed by atoms with Crippen LogP contribution >= 0.6 is 0 Å². The molecule has 0 atom stereocenters. The number of benzene rings is 8. The van der Waals surface area contributed by atoms with Crippen molar-refractivity contribution in [1.29, 1.82) is 0 Å². The summed E-state index contributed by atoms with van der Waals surface area (Å²) in [6.45, 7) is 2.21. The molecule has 8 aromatic carbocycles. The number of hydrogen-bond acceptors (Lipinski definition) is 1. The summed E-state index contributed by atoms with van der Waals surface area (Å²) in [4.78, 5) is 2.44. The van der Waals surface area contributed by atoms with Crippen LogP contribution in [0.25, 0.3) is 65.4 Å². The highest BCUT2D eigenvalue weighted by Gasteiger charge is 2.20. The molecule has 0 saturated carbocycles. The van der Waals surface area contributed by atoms with E-state index < -0.39 is 0 Å². The molecule has 0 bridgehead atoms. The summed E-state index contributed by atoms with van der Waals surface area (Å²) in [6, 6.07) is 58.3. The Hall–Kier alpha value is -6.38. The number of nitrogens with zero attached hydrogens (tertiary/aromatic N) is 2. The molecule has 9 aromatic rings. The van der Waals surface area contributed by atoms with E-state index in [0.29, 0.717) is 0 Å². The van der Waals surface area contributed by atoms with Crippen LogP contribution in [0.1, 0.15) is 24.0 Å². The third-order valence-corrected chi connectivity index (χ3v) is 10.7. The van der Waals surface area contributed by atoms with E-state index in [1.807, 2.05) is 0 Å². The van der Waals surface area contributed by atoms with E-state index in [2.05, 4.69) is 192 Å². The average Bonchev–Trinajstić information content (AvgIpc) is 3.53. The topological polar surface area (TPSA) is 8.17 Å². The molecule has 10 rings (SSSR count). The van der Waals surface area contributed by atoms with Crippen LogP contribution in [0, 0.1) is 6.92 Å². The third-order valence-electron chi connectivity index (χ3n) is 10.7. The van der Waals surface area contributed by atoms with Gasteiger partial charge in [0.25, 0.3) is 0 Å². The second kappa shape index (κ2) is 11.9. The first-order valence-corrected chi connectivity index (χ1v) is 17.9. The lowest BCUT2D eigenvalue weighted by atomic mass is 9.94. The minimum atomic E-state index is 1.07. The van der Waals surface area contributed by atoms with E-state index in [9.17, 15) is 0 Å². The minimum absolute atomic E-state index is 1.07. The standard InChI is InChI=1S/C49H36N2/c1-33-14-5-11-24-47(33)50(37-26-28-43-41-21-7-6-19-39(41)40-20-8-9-22-42(40)46(43)31-37)38-27-29-45-44-23-10-12-25-48(44)51(49(45)32-38)36-18-13-17-35(30-36)34-15-3-2-4-16-34/h2-3,5-15,17-32H,4,16H2,1H3. The molecule has 51 heavy (non-hydrogen) atoms. The zero-order chi connectivity index (χ0) is 33.9. The number of fused-ring (bicyclic) bond motifs is 9. The number of allylic oxidation sites excluding steroid dienone is 4. The third kappa shape index (κ3) is 4.79. The second-order valence-electron chi connectivity index (χ2n) is 13.7. The monoisotopic (exact) mass is 652 g/mol. The molecule has 1 aliphatic rings. The highest BCUT2D eigenvalue weighted by atomic mass is 15.1. The maximum absolute atomic E-state index is 2.45. The highest BCUT2D eigenvalue weighted by Crippen LogP contribution is 2.43. The van der Waals surface area contributed by atoms with Gasteiger partial charge in [-0.25, -0.2) is 0 Å².